The van der Waals surface area contributed by atoms with Crippen molar-refractivity contribution in [3.8, 4) is 0 Å². The molecule has 13 heavy (non-hydrogen) atoms. The number of aromatic amines is 1. The second kappa shape index (κ2) is 2.92. The fraction of sp³-hybridized carbons (Fsp3) is 0. The number of nitrogens with one attached hydrogen (secondary N) is 1. The van der Waals surface area contributed by atoms with E-state index in [4.69, 9.17) is 0 Å². The maximum absolute atomic E-state index is 13.1. The molecule has 3 nitrogen and oxygen atoms in total. The van der Waals surface area contributed by atoms with Crippen LogP contribution in [0.1, 0.15) is 0 Å². The van der Waals surface area contributed by atoms with Crippen LogP contribution in [0.25, 0.3) is 11.0 Å². The summed E-state index contributed by atoms with van der Waals surface area (Å²) in [5.74, 6) is -0.450. The third kappa shape index (κ3) is 1.35. The van der Waals surface area contributed by atoms with Crippen LogP contribution in [0.4, 0.5) is 4.39 Å². The monoisotopic (exact) mass is 242 g/mol. The molecule has 1 N–H and O–H groups in total. The van der Waals surface area contributed by atoms with Crippen LogP contribution in [-0.4, -0.2) is 9.97 Å². The first-order valence-electron chi connectivity index (χ1n) is 3.51. The zero-order valence-electron chi connectivity index (χ0n) is 6.34. The number of hydrogen-bond donors (Lipinski definition) is 1. The van der Waals surface area contributed by atoms with Crippen LogP contribution < -0.4 is 5.56 Å². The molecule has 5 heteroatoms. The first-order chi connectivity index (χ1) is 6.18. The quantitative estimate of drug-likeness (QED) is 0.767. The van der Waals surface area contributed by atoms with E-state index in [-0.39, 0.29) is 11.1 Å². The van der Waals surface area contributed by atoms with Gasteiger partial charge in [0, 0.05) is 4.47 Å². The molecule has 2 aromatic rings. The van der Waals surface area contributed by atoms with Crippen LogP contribution in [-0.2, 0) is 0 Å². The second-order valence-corrected chi connectivity index (χ2v) is 3.35. The Morgan fingerprint density at radius 3 is 3.00 bits per heavy atom. The standard InChI is InChI=1S/C8H4BrFN2O/c9-4-1-2-5(10)8-7(4)12-6(13)3-11-8/h1-3H,(H,12,13). The van der Waals surface area contributed by atoms with Gasteiger partial charge in [0.1, 0.15) is 5.52 Å². The topological polar surface area (TPSA) is 45.8 Å². The predicted octanol–water partition coefficient (Wildman–Crippen LogP) is 1.82. The Bertz CT molecular complexity index is 523. The highest BCUT2D eigenvalue weighted by Crippen LogP contribution is 2.21. The van der Waals surface area contributed by atoms with Crippen LogP contribution in [0, 0.1) is 5.82 Å². The number of H-pyrrole nitrogens is 1. The van der Waals surface area contributed by atoms with E-state index in [1.54, 1.807) is 0 Å². The molecule has 0 aliphatic rings. The van der Waals surface area contributed by atoms with Crippen molar-refractivity contribution >= 4 is 27.0 Å². The molecule has 0 bridgehead atoms. The average Bonchev–Trinajstić information content (AvgIpc) is 2.12. The number of nitrogens with zero attached hydrogens (tertiary/aromatic N) is 1. The van der Waals surface area contributed by atoms with Crippen LogP contribution >= 0.6 is 15.9 Å². The molecule has 1 heterocycles. The number of benzene rings is 1. The van der Waals surface area contributed by atoms with Gasteiger partial charge >= 0.3 is 0 Å². The minimum Gasteiger partial charge on any atom is -0.318 e. The molecule has 0 saturated heterocycles. The summed E-state index contributed by atoms with van der Waals surface area (Å²) in [5.41, 5.74) is 0.195. The number of hydrogen-bond acceptors (Lipinski definition) is 2. The van der Waals surface area contributed by atoms with E-state index in [2.05, 4.69) is 25.9 Å². The van der Waals surface area contributed by atoms with Crippen molar-refractivity contribution in [2.45, 2.75) is 0 Å². The molecular weight excluding hydrogens is 239 g/mol. The largest absolute Gasteiger partial charge is 0.318 e. The molecule has 0 unspecified atom stereocenters. The Labute approximate surface area is 80.7 Å². The highest BCUT2D eigenvalue weighted by atomic mass is 79.9. The van der Waals surface area contributed by atoms with Crippen LogP contribution in [0.5, 0.6) is 0 Å². The minimum atomic E-state index is -0.450. The molecule has 1 aromatic carbocycles. The lowest BCUT2D eigenvalue weighted by Gasteiger charge is -1.99. The molecule has 0 fully saturated rings. The molecule has 0 radical (unpaired) electrons. The third-order valence-corrected chi connectivity index (χ3v) is 2.30. The van der Waals surface area contributed by atoms with Gasteiger partial charge in [-0.1, -0.05) is 0 Å². The number of rotatable bonds is 0. The van der Waals surface area contributed by atoms with Gasteiger partial charge in [-0.25, -0.2) is 9.37 Å². The Hall–Kier alpha value is -1.23. The highest BCUT2D eigenvalue weighted by Gasteiger charge is 2.05. The SMILES string of the molecule is O=c1cnc2c(F)ccc(Br)c2[nH]1. The number of aromatic nitrogens is 2. The summed E-state index contributed by atoms with van der Waals surface area (Å²) in [6.45, 7) is 0. The van der Waals surface area contributed by atoms with Gasteiger partial charge in [-0.15, -0.1) is 0 Å². The second-order valence-electron chi connectivity index (χ2n) is 2.50. The minimum absolute atomic E-state index is 0.161. The molecule has 66 valence electrons. The lowest BCUT2D eigenvalue weighted by Crippen LogP contribution is -2.05. The maximum Gasteiger partial charge on any atom is 0.266 e. The summed E-state index contributed by atoms with van der Waals surface area (Å²) in [5, 5.41) is 0. The summed E-state index contributed by atoms with van der Waals surface area (Å²) in [7, 11) is 0. The van der Waals surface area contributed by atoms with Crippen LogP contribution in [0.2, 0.25) is 0 Å². The molecular formula is C8H4BrFN2O. The summed E-state index contributed by atoms with van der Waals surface area (Å²) >= 11 is 3.19. The normalized spacial score (nSPS) is 10.6. The van der Waals surface area contributed by atoms with Gasteiger partial charge in [-0.05, 0) is 28.1 Å². The van der Waals surface area contributed by atoms with Crippen molar-refractivity contribution in [1.29, 1.82) is 0 Å². The summed E-state index contributed by atoms with van der Waals surface area (Å²) < 4.78 is 13.7. The molecule has 0 amide bonds. The smallest absolute Gasteiger partial charge is 0.266 e. The fourth-order valence-corrected chi connectivity index (χ4v) is 1.48. The Balaban J connectivity index is 3.00. The van der Waals surface area contributed by atoms with E-state index < -0.39 is 5.82 Å². The lowest BCUT2D eigenvalue weighted by atomic mass is 10.3. The van der Waals surface area contributed by atoms with Gasteiger partial charge in [0.25, 0.3) is 5.56 Å². The zero-order valence-corrected chi connectivity index (χ0v) is 7.93. The molecule has 0 aliphatic carbocycles. The van der Waals surface area contributed by atoms with E-state index in [1.165, 1.54) is 12.1 Å². The Morgan fingerprint density at radius 2 is 2.23 bits per heavy atom. The van der Waals surface area contributed by atoms with Crippen molar-refractivity contribution in [1.82, 2.24) is 9.97 Å². The van der Waals surface area contributed by atoms with E-state index in [0.29, 0.717) is 9.99 Å². The first-order valence-corrected chi connectivity index (χ1v) is 4.31. The molecule has 0 atom stereocenters. The van der Waals surface area contributed by atoms with E-state index in [0.717, 1.165) is 6.20 Å². The van der Waals surface area contributed by atoms with Gasteiger partial charge in [0.2, 0.25) is 0 Å². The lowest BCUT2D eigenvalue weighted by molar-refractivity contribution is 0.636. The summed E-state index contributed by atoms with van der Waals surface area (Å²) in [4.78, 5) is 17.1. The molecule has 0 saturated carbocycles. The third-order valence-electron chi connectivity index (χ3n) is 1.64. The summed E-state index contributed by atoms with van der Waals surface area (Å²) in [6.07, 6.45) is 1.05. The van der Waals surface area contributed by atoms with Crippen molar-refractivity contribution in [3.63, 3.8) is 0 Å². The van der Waals surface area contributed by atoms with E-state index >= 15 is 0 Å². The van der Waals surface area contributed by atoms with E-state index in [1.807, 2.05) is 0 Å². The Kier molecular flexibility index (Phi) is 1.88. The number of fused-ring (bicyclic) bond motifs is 1. The van der Waals surface area contributed by atoms with Gasteiger partial charge in [-0.3, -0.25) is 4.79 Å². The molecule has 0 spiro atoms. The van der Waals surface area contributed by atoms with Gasteiger partial charge in [0.05, 0.1) is 11.7 Å². The maximum atomic E-state index is 13.1. The van der Waals surface area contributed by atoms with Gasteiger partial charge < -0.3 is 4.98 Å². The van der Waals surface area contributed by atoms with E-state index in [9.17, 15) is 9.18 Å². The van der Waals surface area contributed by atoms with Crippen molar-refractivity contribution in [3.05, 3.63) is 39.0 Å². The van der Waals surface area contributed by atoms with Crippen molar-refractivity contribution < 1.29 is 4.39 Å². The van der Waals surface area contributed by atoms with Crippen LogP contribution in [0.3, 0.4) is 0 Å². The molecule has 2 rings (SSSR count). The van der Waals surface area contributed by atoms with Crippen molar-refractivity contribution in [2.24, 2.45) is 0 Å². The average molecular weight is 243 g/mol. The fourth-order valence-electron chi connectivity index (χ4n) is 1.06. The van der Waals surface area contributed by atoms with Gasteiger partial charge in [-0.2, -0.15) is 0 Å². The van der Waals surface area contributed by atoms with Crippen molar-refractivity contribution in [2.75, 3.05) is 0 Å². The highest BCUT2D eigenvalue weighted by molar-refractivity contribution is 9.10. The zero-order chi connectivity index (χ0) is 9.42. The van der Waals surface area contributed by atoms with Crippen LogP contribution in [0.15, 0.2) is 27.6 Å². The Morgan fingerprint density at radius 1 is 1.46 bits per heavy atom. The first kappa shape index (κ1) is 8.37. The predicted molar refractivity (Wildman–Crippen MR) is 50.0 cm³/mol. The van der Waals surface area contributed by atoms with Gasteiger partial charge in [0.15, 0.2) is 5.82 Å². The summed E-state index contributed by atoms with van der Waals surface area (Å²) in [6, 6.07) is 2.81. The molecule has 0 aliphatic heterocycles. The number of halogens is 2. The molecule has 1 aromatic heterocycles.